The van der Waals surface area contributed by atoms with Crippen LogP contribution < -0.4 is 5.69 Å². The summed E-state index contributed by atoms with van der Waals surface area (Å²) in [5.41, 5.74) is 2.75. The molecule has 0 bridgehead atoms. The van der Waals surface area contributed by atoms with Crippen LogP contribution in [0.3, 0.4) is 0 Å². The molecular weight excluding hydrogens is 330 g/mol. The Kier molecular flexibility index (Phi) is 3.10. The fourth-order valence-corrected chi connectivity index (χ4v) is 3.83. The number of pyridine rings is 1. The van der Waals surface area contributed by atoms with Crippen LogP contribution in [0.1, 0.15) is 38.1 Å². The van der Waals surface area contributed by atoms with Crippen molar-refractivity contribution in [2.75, 3.05) is 0 Å². The lowest BCUT2D eigenvalue weighted by Crippen LogP contribution is -2.24. The molecule has 0 saturated heterocycles. The molecule has 0 atom stereocenters. The summed E-state index contributed by atoms with van der Waals surface area (Å²) in [5, 5.41) is 1.03. The number of hydrogen-bond donors (Lipinski definition) is 1. The Morgan fingerprint density at radius 1 is 1.24 bits per heavy atom. The number of hydrogen-bond acceptors (Lipinski definition) is 2. The molecule has 4 nitrogen and oxygen atoms in total. The number of nitrogens with zero attached hydrogens (tertiary/aromatic N) is 2. The predicted molar refractivity (Wildman–Crippen MR) is 87.7 cm³/mol. The van der Waals surface area contributed by atoms with Crippen LogP contribution in [0, 0.1) is 0 Å². The SMILES string of the molecule is O=c1[nH]c2cnc3ccc(Br)cc3c2n1C1CCCCC1. The van der Waals surface area contributed by atoms with Crippen molar-refractivity contribution in [3.8, 4) is 0 Å². The largest absolute Gasteiger partial charge is 0.326 e. The summed E-state index contributed by atoms with van der Waals surface area (Å²) in [4.78, 5) is 19.8. The molecule has 108 valence electrons. The van der Waals surface area contributed by atoms with Gasteiger partial charge < -0.3 is 4.98 Å². The second-order valence-corrected chi connectivity index (χ2v) is 6.69. The molecular formula is C16H16BrN3O. The average molecular weight is 346 g/mol. The van der Waals surface area contributed by atoms with Crippen molar-refractivity contribution in [2.45, 2.75) is 38.1 Å². The first-order chi connectivity index (χ1) is 10.2. The summed E-state index contributed by atoms with van der Waals surface area (Å²) >= 11 is 3.52. The van der Waals surface area contributed by atoms with Gasteiger partial charge in [0.1, 0.15) is 0 Å². The van der Waals surface area contributed by atoms with Crippen LogP contribution in [0.15, 0.2) is 33.7 Å². The maximum atomic E-state index is 12.4. The highest BCUT2D eigenvalue weighted by atomic mass is 79.9. The van der Waals surface area contributed by atoms with Crippen LogP contribution in [0.25, 0.3) is 21.9 Å². The van der Waals surface area contributed by atoms with Crippen LogP contribution >= 0.6 is 15.9 Å². The minimum Gasteiger partial charge on any atom is -0.304 e. The Morgan fingerprint density at radius 2 is 2.05 bits per heavy atom. The molecule has 21 heavy (non-hydrogen) atoms. The van der Waals surface area contributed by atoms with E-state index in [1.165, 1.54) is 19.3 Å². The van der Waals surface area contributed by atoms with Gasteiger partial charge in [0.05, 0.1) is 22.7 Å². The van der Waals surface area contributed by atoms with Crippen molar-refractivity contribution < 1.29 is 0 Å². The molecule has 5 heteroatoms. The third kappa shape index (κ3) is 2.11. The molecule has 0 radical (unpaired) electrons. The molecule has 0 spiro atoms. The minimum absolute atomic E-state index is 0.00817. The molecule has 0 aliphatic heterocycles. The van der Waals surface area contributed by atoms with Gasteiger partial charge in [-0.2, -0.15) is 0 Å². The Labute approximate surface area is 130 Å². The van der Waals surface area contributed by atoms with Crippen molar-refractivity contribution >= 4 is 37.9 Å². The lowest BCUT2D eigenvalue weighted by Gasteiger charge is -2.23. The van der Waals surface area contributed by atoms with Gasteiger partial charge >= 0.3 is 5.69 Å². The second kappa shape index (κ2) is 4.98. The zero-order valence-corrected chi connectivity index (χ0v) is 13.2. The number of halogens is 1. The summed E-state index contributed by atoms with van der Waals surface area (Å²) in [5.74, 6) is 0. The van der Waals surface area contributed by atoms with Gasteiger partial charge in [-0.25, -0.2) is 4.79 Å². The summed E-state index contributed by atoms with van der Waals surface area (Å²) < 4.78 is 2.97. The predicted octanol–water partition coefficient (Wildman–Crippen LogP) is 4.15. The van der Waals surface area contributed by atoms with Gasteiger partial charge in [0.2, 0.25) is 0 Å². The standard InChI is InChI=1S/C16H16BrN3O/c17-10-6-7-13-12(8-10)15-14(9-18-13)19-16(21)20(15)11-4-2-1-3-5-11/h6-9,11H,1-5H2,(H,19,21). The Balaban J connectivity index is 2.06. The van der Waals surface area contributed by atoms with Gasteiger partial charge in [-0.15, -0.1) is 0 Å². The maximum Gasteiger partial charge on any atom is 0.326 e. The summed E-state index contributed by atoms with van der Waals surface area (Å²) in [6.07, 6.45) is 7.64. The van der Waals surface area contributed by atoms with Crippen LogP contribution in [-0.4, -0.2) is 14.5 Å². The van der Waals surface area contributed by atoms with Crippen molar-refractivity contribution in [2.24, 2.45) is 0 Å². The monoisotopic (exact) mass is 345 g/mol. The van der Waals surface area contributed by atoms with Gasteiger partial charge in [0, 0.05) is 15.9 Å². The third-order valence-corrected chi connectivity index (χ3v) is 4.94. The van der Waals surface area contributed by atoms with Gasteiger partial charge in [-0.3, -0.25) is 9.55 Å². The number of imidazole rings is 1. The summed E-state index contributed by atoms with van der Waals surface area (Å²) in [6.45, 7) is 0. The van der Waals surface area contributed by atoms with Crippen molar-refractivity contribution in [1.29, 1.82) is 0 Å². The highest BCUT2D eigenvalue weighted by molar-refractivity contribution is 9.10. The first-order valence-corrected chi connectivity index (χ1v) is 8.22. The average Bonchev–Trinajstić information content (AvgIpc) is 2.84. The Hall–Kier alpha value is -1.62. The fraction of sp³-hybridized carbons (Fsp3) is 0.375. The molecule has 2 heterocycles. The van der Waals surface area contributed by atoms with E-state index >= 15 is 0 Å². The van der Waals surface area contributed by atoms with E-state index in [4.69, 9.17) is 0 Å². The Morgan fingerprint density at radius 3 is 2.86 bits per heavy atom. The fourth-order valence-electron chi connectivity index (χ4n) is 3.47. The molecule has 4 rings (SSSR count). The summed E-state index contributed by atoms with van der Waals surface area (Å²) in [6, 6.07) is 6.33. The maximum absolute atomic E-state index is 12.4. The molecule has 1 fully saturated rings. The molecule has 1 aliphatic rings. The third-order valence-electron chi connectivity index (χ3n) is 4.44. The molecule has 1 aromatic carbocycles. The van der Waals surface area contributed by atoms with Gasteiger partial charge in [0.25, 0.3) is 0 Å². The summed E-state index contributed by atoms with van der Waals surface area (Å²) in [7, 11) is 0. The normalized spacial score (nSPS) is 16.8. The van der Waals surface area contributed by atoms with Crippen molar-refractivity contribution in [1.82, 2.24) is 14.5 Å². The molecule has 3 aromatic rings. The Bertz CT molecular complexity index is 874. The van der Waals surface area contributed by atoms with E-state index in [1.54, 1.807) is 6.20 Å². The van der Waals surface area contributed by atoms with Gasteiger partial charge in [-0.05, 0) is 31.0 Å². The van der Waals surface area contributed by atoms with Crippen molar-refractivity contribution in [3.05, 3.63) is 39.4 Å². The van der Waals surface area contributed by atoms with E-state index in [2.05, 4.69) is 32.0 Å². The quantitative estimate of drug-likeness (QED) is 0.720. The number of rotatable bonds is 1. The zero-order chi connectivity index (χ0) is 14.4. The second-order valence-electron chi connectivity index (χ2n) is 5.77. The van der Waals surface area contributed by atoms with E-state index in [0.29, 0.717) is 6.04 Å². The van der Waals surface area contributed by atoms with E-state index in [9.17, 15) is 4.79 Å². The molecule has 0 amide bonds. The highest BCUT2D eigenvalue weighted by Gasteiger charge is 2.21. The molecule has 1 saturated carbocycles. The van der Waals surface area contributed by atoms with Gasteiger partial charge in [0.15, 0.2) is 0 Å². The number of aromatic nitrogens is 3. The smallest absolute Gasteiger partial charge is 0.304 e. The van der Waals surface area contributed by atoms with Crippen LogP contribution in [0.4, 0.5) is 0 Å². The molecule has 2 aromatic heterocycles. The first kappa shape index (κ1) is 13.1. The van der Waals surface area contributed by atoms with Crippen LogP contribution in [0.5, 0.6) is 0 Å². The number of aromatic amines is 1. The number of fused-ring (bicyclic) bond motifs is 3. The lowest BCUT2D eigenvalue weighted by molar-refractivity contribution is 0.354. The van der Waals surface area contributed by atoms with Crippen molar-refractivity contribution in [3.63, 3.8) is 0 Å². The number of nitrogens with one attached hydrogen (secondary N) is 1. The lowest BCUT2D eigenvalue weighted by atomic mass is 9.95. The van der Waals surface area contributed by atoms with E-state index in [1.807, 2.05) is 16.7 Å². The number of H-pyrrole nitrogens is 1. The minimum atomic E-state index is -0.00817. The van der Waals surface area contributed by atoms with E-state index < -0.39 is 0 Å². The molecule has 1 N–H and O–H groups in total. The first-order valence-electron chi connectivity index (χ1n) is 7.42. The molecule has 1 aliphatic carbocycles. The topological polar surface area (TPSA) is 50.7 Å². The van der Waals surface area contributed by atoms with Gasteiger partial charge in [-0.1, -0.05) is 35.2 Å². The van der Waals surface area contributed by atoms with Crippen LogP contribution in [-0.2, 0) is 0 Å². The highest BCUT2D eigenvalue weighted by Crippen LogP contribution is 2.32. The molecule has 0 unspecified atom stereocenters. The zero-order valence-electron chi connectivity index (χ0n) is 11.6. The van der Waals surface area contributed by atoms with E-state index in [-0.39, 0.29) is 5.69 Å². The number of benzene rings is 1. The van der Waals surface area contributed by atoms with Crippen LogP contribution in [0.2, 0.25) is 0 Å². The van der Waals surface area contributed by atoms with E-state index in [0.717, 1.165) is 39.3 Å².